The van der Waals surface area contributed by atoms with Crippen LogP contribution >= 0.6 is 12.0 Å². The van der Waals surface area contributed by atoms with E-state index in [4.69, 9.17) is 4.18 Å². The Morgan fingerprint density at radius 3 is 2.60 bits per heavy atom. The molecule has 2 aromatic heterocycles. The number of rotatable bonds is 5. The molecule has 148 valence electrons. The molecule has 0 spiro atoms. The molecule has 0 N–H and O–H groups in total. The predicted molar refractivity (Wildman–Crippen MR) is 124 cm³/mol. The van der Waals surface area contributed by atoms with E-state index >= 15 is 0 Å². The number of fused-ring (bicyclic) bond motifs is 2. The summed E-state index contributed by atoms with van der Waals surface area (Å²) in [5.41, 5.74) is 3.62. The van der Waals surface area contributed by atoms with Crippen LogP contribution < -0.4 is 0 Å². The average Bonchev–Trinajstić information content (AvgIpc) is 3.52. The summed E-state index contributed by atoms with van der Waals surface area (Å²) >= 11 is 1.11. The first-order valence-electron chi connectivity index (χ1n) is 9.99. The third kappa shape index (κ3) is 3.78. The third-order valence-corrected chi connectivity index (χ3v) is 6.22. The van der Waals surface area contributed by atoms with E-state index in [1.807, 2.05) is 32.3 Å². The second kappa shape index (κ2) is 8.51. The van der Waals surface area contributed by atoms with Crippen LogP contribution in [0, 0.1) is 5.92 Å². The van der Waals surface area contributed by atoms with Crippen LogP contribution in [0.4, 0.5) is 0 Å². The first kappa shape index (κ1) is 21.1. The van der Waals surface area contributed by atoms with Crippen molar-refractivity contribution in [2.24, 2.45) is 5.92 Å². The van der Waals surface area contributed by atoms with E-state index in [1.54, 1.807) is 6.20 Å². The van der Waals surface area contributed by atoms with Crippen LogP contribution in [0.1, 0.15) is 38.2 Å². The monoisotopic (exact) mass is 410 g/mol. The van der Waals surface area contributed by atoms with Gasteiger partial charge < -0.3 is 8.75 Å². The number of nitrogens with zero attached hydrogens (tertiary/aromatic N) is 2. The van der Waals surface area contributed by atoms with Gasteiger partial charge in [0.25, 0.3) is 0 Å². The van der Waals surface area contributed by atoms with Gasteiger partial charge in [-0.05, 0) is 41.8 Å². The first-order chi connectivity index (χ1) is 14.1. The summed E-state index contributed by atoms with van der Waals surface area (Å²) in [6.07, 6.45) is 8.24. The normalized spacial score (nSPS) is 13.6. The van der Waals surface area contributed by atoms with Gasteiger partial charge in [-0.25, -0.2) is 0 Å². The molecule has 1 aliphatic rings. The van der Waals surface area contributed by atoms with E-state index in [2.05, 4.69) is 45.9 Å². The van der Waals surface area contributed by atoms with E-state index in [1.165, 1.54) is 29.2 Å². The molecule has 5 rings (SSSR count). The molecule has 30 heavy (non-hydrogen) atoms. The number of hydrogen-bond donors (Lipinski definition) is 0. The number of carbonyl (C=O) groups is 1. The van der Waals surface area contributed by atoms with Crippen molar-refractivity contribution < 1.29 is 8.98 Å². The number of hydrogen-bond acceptors (Lipinski definition) is 4. The first-order valence-corrected chi connectivity index (χ1v) is 10.7. The average molecular weight is 410 g/mol. The zero-order chi connectivity index (χ0) is 20.0. The zero-order valence-electron chi connectivity index (χ0n) is 16.5. The second-order valence-corrected chi connectivity index (χ2v) is 8.66. The SMILES string of the molecule is CC(C)C(=O)OSc1cn(-c2ccc(C3CC3)c3ccccc23)c2ccncc12.[LiH]. The summed E-state index contributed by atoms with van der Waals surface area (Å²) in [4.78, 5) is 17.1. The van der Waals surface area contributed by atoms with Gasteiger partial charge in [-0.15, -0.1) is 0 Å². The van der Waals surface area contributed by atoms with Gasteiger partial charge in [-0.3, -0.25) is 9.78 Å². The standard InChI is InChI=1S/C24H22N2O2S.Li.H/c1-15(2)24(27)28-29-23-14-26(22-11-12-25-13-20(22)23)21-10-9-17(16-7-8-16)18-5-3-4-6-19(18)21;;/h3-6,9-16H,7-8H2,1-2H3;;. The van der Waals surface area contributed by atoms with Crippen molar-refractivity contribution in [3.63, 3.8) is 0 Å². The summed E-state index contributed by atoms with van der Waals surface area (Å²) in [6, 6.07) is 15.1. The van der Waals surface area contributed by atoms with Gasteiger partial charge in [-0.2, -0.15) is 0 Å². The van der Waals surface area contributed by atoms with Crippen molar-refractivity contribution >= 4 is 58.5 Å². The van der Waals surface area contributed by atoms with Crippen molar-refractivity contribution in [3.05, 3.63) is 66.6 Å². The fourth-order valence-corrected chi connectivity index (χ4v) is 4.52. The van der Waals surface area contributed by atoms with E-state index in [-0.39, 0.29) is 30.7 Å². The quantitative estimate of drug-likeness (QED) is 0.317. The van der Waals surface area contributed by atoms with Crippen molar-refractivity contribution in [1.29, 1.82) is 0 Å². The molecule has 0 saturated heterocycles. The Morgan fingerprint density at radius 1 is 1.10 bits per heavy atom. The van der Waals surface area contributed by atoms with Crippen molar-refractivity contribution in [3.8, 4) is 5.69 Å². The van der Waals surface area contributed by atoms with Crippen LogP contribution in [-0.4, -0.2) is 34.4 Å². The summed E-state index contributed by atoms with van der Waals surface area (Å²) in [5, 5.41) is 3.54. The number of benzene rings is 2. The number of pyridine rings is 1. The molecular formula is C24H23LiN2O2S. The molecule has 1 saturated carbocycles. The summed E-state index contributed by atoms with van der Waals surface area (Å²) in [7, 11) is 0. The summed E-state index contributed by atoms with van der Waals surface area (Å²) < 4.78 is 7.61. The van der Waals surface area contributed by atoms with Gasteiger partial charge in [0.05, 0.1) is 34.1 Å². The minimum absolute atomic E-state index is 0. The Hall–Kier alpha value is -2.19. The molecule has 0 amide bonds. The fourth-order valence-electron chi connectivity index (χ4n) is 3.76. The fraction of sp³-hybridized carbons (Fsp3) is 0.250. The predicted octanol–water partition coefficient (Wildman–Crippen LogP) is 5.61. The maximum absolute atomic E-state index is 11.9. The molecule has 2 aromatic carbocycles. The van der Waals surface area contributed by atoms with Crippen LogP contribution in [0.2, 0.25) is 0 Å². The Labute approximate surface area is 192 Å². The molecule has 4 nitrogen and oxygen atoms in total. The third-order valence-electron chi connectivity index (χ3n) is 5.47. The zero-order valence-corrected chi connectivity index (χ0v) is 17.3. The summed E-state index contributed by atoms with van der Waals surface area (Å²) in [6.45, 7) is 3.67. The van der Waals surface area contributed by atoms with Crippen LogP contribution in [0.15, 0.2) is 66.0 Å². The second-order valence-electron chi connectivity index (χ2n) is 7.89. The van der Waals surface area contributed by atoms with Crippen LogP contribution in [0.25, 0.3) is 27.4 Å². The Balaban J connectivity index is 0.00000218. The molecule has 1 aliphatic carbocycles. The molecule has 6 heteroatoms. The molecule has 0 bridgehead atoms. The van der Waals surface area contributed by atoms with Crippen LogP contribution in [-0.2, 0) is 8.98 Å². The minimum atomic E-state index is -0.223. The van der Waals surface area contributed by atoms with Crippen LogP contribution in [0.5, 0.6) is 0 Å². The Morgan fingerprint density at radius 2 is 1.87 bits per heavy atom. The maximum atomic E-state index is 11.9. The van der Waals surface area contributed by atoms with Gasteiger partial charge in [0.1, 0.15) is 0 Å². The molecule has 0 aliphatic heterocycles. The van der Waals surface area contributed by atoms with E-state index in [0.717, 1.165) is 33.5 Å². The van der Waals surface area contributed by atoms with Gasteiger partial charge in [0, 0.05) is 29.4 Å². The van der Waals surface area contributed by atoms with Crippen LogP contribution in [0.3, 0.4) is 0 Å². The number of aromatic nitrogens is 2. The van der Waals surface area contributed by atoms with Gasteiger partial charge in [-0.1, -0.05) is 44.2 Å². The van der Waals surface area contributed by atoms with E-state index in [0.29, 0.717) is 5.92 Å². The van der Waals surface area contributed by atoms with Gasteiger partial charge in [0.2, 0.25) is 0 Å². The van der Waals surface area contributed by atoms with Gasteiger partial charge in [0.15, 0.2) is 0 Å². The molecular weight excluding hydrogens is 387 g/mol. The van der Waals surface area contributed by atoms with Crippen molar-refractivity contribution in [1.82, 2.24) is 9.55 Å². The molecule has 1 fully saturated rings. The van der Waals surface area contributed by atoms with Crippen molar-refractivity contribution in [2.75, 3.05) is 0 Å². The topological polar surface area (TPSA) is 44.1 Å². The number of carbonyl (C=O) groups excluding carboxylic acids is 1. The molecule has 4 aromatic rings. The van der Waals surface area contributed by atoms with E-state index < -0.39 is 0 Å². The molecule has 0 atom stereocenters. The molecule has 0 radical (unpaired) electrons. The Kier molecular flexibility index (Phi) is 5.97. The summed E-state index contributed by atoms with van der Waals surface area (Å²) in [5.74, 6) is 0.313. The molecule has 0 unspecified atom stereocenters. The van der Waals surface area contributed by atoms with Crippen molar-refractivity contribution in [2.45, 2.75) is 37.5 Å². The molecule has 2 heterocycles. The Bertz CT molecular complexity index is 1230. The van der Waals surface area contributed by atoms with Gasteiger partial charge >= 0.3 is 24.8 Å². The van der Waals surface area contributed by atoms with E-state index in [9.17, 15) is 4.79 Å².